The molecule has 1 atom stereocenters. The first-order chi connectivity index (χ1) is 40.5. The normalized spacial score (nSPS) is 12.2. The van der Waals surface area contributed by atoms with Gasteiger partial charge in [0.2, 0.25) is 0 Å². The van der Waals surface area contributed by atoms with Crippen LogP contribution in [0, 0.1) is 0 Å². The molecule has 0 fully saturated rings. The van der Waals surface area contributed by atoms with Gasteiger partial charge in [-0.2, -0.15) is 0 Å². The van der Waals surface area contributed by atoms with E-state index in [1.165, 1.54) is 302 Å². The highest BCUT2D eigenvalue weighted by molar-refractivity contribution is 5.71. The van der Waals surface area contributed by atoms with Crippen LogP contribution in [0.15, 0.2) is 36.5 Å². The fraction of sp³-hybridized carbons (Fsp3) is 0.882. The van der Waals surface area contributed by atoms with Gasteiger partial charge in [0.05, 0.1) is 0 Å². The second-order valence-electron chi connectivity index (χ2n) is 25.2. The second-order valence-corrected chi connectivity index (χ2v) is 25.2. The fourth-order valence-corrected chi connectivity index (χ4v) is 11.3. The van der Waals surface area contributed by atoms with Gasteiger partial charge < -0.3 is 14.2 Å². The Hall–Kier alpha value is -2.37. The number of unbranched alkanes of at least 4 members (excludes halogenated alkanes) is 52. The first-order valence-electron chi connectivity index (χ1n) is 37.0. The van der Waals surface area contributed by atoms with Gasteiger partial charge >= 0.3 is 17.9 Å². The number of allylic oxidation sites excluding steroid dienone is 6. The lowest BCUT2D eigenvalue weighted by Crippen LogP contribution is -2.30. The summed E-state index contributed by atoms with van der Waals surface area (Å²) in [5, 5.41) is 0. The molecule has 0 aromatic rings. The van der Waals surface area contributed by atoms with Crippen molar-refractivity contribution in [2.24, 2.45) is 0 Å². The molecule has 0 aromatic heterocycles. The molecule has 0 aromatic carbocycles. The molecule has 1 unspecified atom stereocenters. The minimum Gasteiger partial charge on any atom is -0.462 e. The van der Waals surface area contributed by atoms with Crippen molar-refractivity contribution in [3.8, 4) is 0 Å². The van der Waals surface area contributed by atoms with E-state index in [2.05, 4.69) is 57.2 Å². The molecule has 0 aliphatic carbocycles. The van der Waals surface area contributed by atoms with Crippen LogP contribution in [0.5, 0.6) is 0 Å². The third-order valence-electron chi connectivity index (χ3n) is 16.9. The lowest BCUT2D eigenvalue weighted by molar-refractivity contribution is -0.167. The van der Waals surface area contributed by atoms with E-state index >= 15 is 0 Å². The summed E-state index contributed by atoms with van der Waals surface area (Å²) in [6.07, 6.45) is 88.9. The van der Waals surface area contributed by atoms with Crippen LogP contribution in [0.3, 0.4) is 0 Å². The largest absolute Gasteiger partial charge is 0.462 e. The highest BCUT2D eigenvalue weighted by Crippen LogP contribution is 2.19. The SMILES string of the molecule is CCCCCCC/C=C\C/C=C\C/C=C\CCCCCCCCCCCCCCC(=O)OCC(COC(=O)CCCCCCCCCCCCCCCCCCC)OC(=O)CCCCCCCCCCCCCCCCCCCCCC. The summed E-state index contributed by atoms with van der Waals surface area (Å²) >= 11 is 0. The van der Waals surface area contributed by atoms with Crippen LogP contribution in [-0.2, 0) is 28.6 Å². The molecule has 0 spiro atoms. The molecule has 6 nitrogen and oxygen atoms in total. The van der Waals surface area contributed by atoms with E-state index in [9.17, 15) is 14.4 Å². The summed E-state index contributed by atoms with van der Waals surface area (Å²) in [5.41, 5.74) is 0. The van der Waals surface area contributed by atoms with Gasteiger partial charge in [0.25, 0.3) is 0 Å². The minimum atomic E-state index is -0.770. The van der Waals surface area contributed by atoms with Gasteiger partial charge in [-0.15, -0.1) is 0 Å². The predicted molar refractivity (Wildman–Crippen MR) is 358 cm³/mol. The van der Waals surface area contributed by atoms with Crippen LogP contribution in [0.1, 0.15) is 412 Å². The van der Waals surface area contributed by atoms with Gasteiger partial charge in [-0.05, 0) is 57.8 Å². The first kappa shape index (κ1) is 79.6. The smallest absolute Gasteiger partial charge is 0.306 e. The summed E-state index contributed by atoms with van der Waals surface area (Å²) in [7, 11) is 0. The maximum absolute atomic E-state index is 13.0. The molecule has 0 N–H and O–H groups in total. The van der Waals surface area contributed by atoms with E-state index in [0.717, 1.165) is 70.6 Å². The van der Waals surface area contributed by atoms with E-state index in [1.807, 2.05) is 0 Å². The maximum Gasteiger partial charge on any atom is 0.306 e. The standard InChI is InChI=1S/C76H142O6/c1-4-7-10-13-16-19-22-25-28-31-33-35-36-37-38-39-40-41-43-45-48-51-54-57-60-63-66-69-75(78)81-72-73(71-80-74(77)68-65-62-59-56-53-50-47-44-30-27-24-21-18-15-12-9-6-3)82-76(79)70-67-64-61-58-55-52-49-46-42-34-32-29-26-23-20-17-14-11-8-5-2/h22,25,31,33,36-37,73H,4-21,23-24,26-30,32,34-35,38-72H2,1-3H3/b25-22-,33-31-,37-36-. The lowest BCUT2D eigenvalue weighted by Gasteiger charge is -2.18. The Kier molecular flexibility index (Phi) is 69.1. The number of esters is 3. The number of hydrogen-bond donors (Lipinski definition) is 0. The van der Waals surface area contributed by atoms with E-state index in [-0.39, 0.29) is 31.1 Å². The number of carbonyl (C=O) groups excluding carboxylic acids is 3. The maximum atomic E-state index is 13.0. The summed E-state index contributed by atoms with van der Waals surface area (Å²) in [6, 6.07) is 0. The molecule has 0 amide bonds. The Morgan fingerprint density at radius 1 is 0.244 bits per heavy atom. The molecule has 0 radical (unpaired) electrons. The van der Waals surface area contributed by atoms with Crippen LogP contribution in [-0.4, -0.2) is 37.2 Å². The van der Waals surface area contributed by atoms with E-state index < -0.39 is 6.10 Å². The van der Waals surface area contributed by atoms with Gasteiger partial charge in [0, 0.05) is 19.3 Å². The molecule has 0 heterocycles. The zero-order valence-electron chi connectivity index (χ0n) is 55.5. The molecule has 0 saturated heterocycles. The van der Waals surface area contributed by atoms with Crippen molar-refractivity contribution >= 4 is 17.9 Å². The van der Waals surface area contributed by atoms with Crippen molar-refractivity contribution in [3.63, 3.8) is 0 Å². The summed E-state index contributed by atoms with van der Waals surface area (Å²) in [6.45, 7) is 6.72. The quantitative estimate of drug-likeness (QED) is 0.0261. The van der Waals surface area contributed by atoms with Crippen molar-refractivity contribution in [3.05, 3.63) is 36.5 Å². The Morgan fingerprint density at radius 2 is 0.439 bits per heavy atom. The van der Waals surface area contributed by atoms with Crippen LogP contribution < -0.4 is 0 Å². The summed E-state index contributed by atoms with van der Waals surface area (Å²) in [4.78, 5) is 38.5. The minimum absolute atomic E-state index is 0.0655. The molecule has 6 heteroatoms. The summed E-state index contributed by atoms with van der Waals surface area (Å²) in [5.74, 6) is -0.832. The molecule has 0 bridgehead atoms. The van der Waals surface area contributed by atoms with Crippen LogP contribution in [0.25, 0.3) is 0 Å². The fourth-order valence-electron chi connectivity index (χ4n) is 11.3. The number of carbonyl (C=O) groups is 3. The zero-order chi connectivity index (χ0) is 59.2. The van der Waals surface area contributed by atoms with Crippen molar-refractivity contribution in [1.29, 1.82) is 0 Å². The predicted octanol–water partition coefficient (Wildman–Crippen LogP) is 25.5. The topological polar surface area (TPSA) is 78.9 Å². The van der Waals surface area contributed by atoms with Gasteiger partial charge in [0.1, 0.15) is 13.2 Å². The lowest BCUT2D eigenvalue weighted by atomic mass is 10.0. The van der Waals surface area contributed by atoms with Crippen molar-refractivity contribution in [2.45, 2.75) is 419 Å². The molecule has 82 heavy (non-hydrogen) atoms. The first-order valence-corrected chi connectivity index (χ1v) is 37.0. The zero-order valence-corrected chi connectivity index (χ0v) is 55.5. The number of rotatable bonds is 69. The van der Waals surface area contributed by atoms with Crippen LogP contribution in [0.2, 0.25) is 0 Å². The third-order valence-corrected chi connectivity index (χ3v) is 16.9. The molecule has 0 aliphatic rings. The average Bonchev–Trinajstić information content (AvgIpc) is 3.47. The summed E-state index contributed by atoms with van der Waals surface area (Å²) < 4.78 is 17.0. The Bertz CT molecular complexity index is 1370. The third kappa shape index (κ3) is 68.4. The molecular weight excluding hydrogens is 1010 g/mol. The molecule has 0 saturated carbocycles. The highest BCUT2D eigenvalue weighted by atomic mass is 16.6. The number of hydrogen-bond acceptors (Lipinski definition) is 6. The monoisotopic (exact) mass is 1150 g/mol. The van der Waals surface area contributed by atoms with Gasteiger partial charge in [-0.3, -0.25) is 14.4 Å². The molecule has 0 aliphatic heterocycles. The van der Waals surface area contributed by atoms with Crippen molar-refractivity contribution in [1.82, 2.24) is 0 Å². The van der Waals surface area contributed by atoms with E-state index in [4.69, 9.17) is 14.2 Å². The Balaban J connectivity index is 4.27. The van der Waals surface area contributed by atoms with Crippen molar-refractivity contribution < 1.29 is 28.6 Å². The van der Waals surface area contributed by atoms with E-state index in [1.54, 1.807) is 0 Å². The van der Waals surface area contributed by atoms with Crippen LogP contribution >= 0.6 is 0 Å². The Labute approximate surface area is 512 Å². The van der Waals surface area contributed by atoms with E-state index in [0.29, 0.717) is 19.3 Å². The van der Waals surface area contributed by atoms with Crippen LogP contribution in [0.4, 0.5) is 0 Å². The van der Waals surface area contributed by atoms with Crippen molar-refractivity contribution in [2.75, 3.05) is 13.2 Å². The average molecular weight is 1150 g/mol. The van der Waals surface area contributed by atoms with Gasteiger partial charge in [-0.25, -0.2) is 0 Å². The molecule has 0 rings (SSSR count). The Morgan fingerprint density at radius 3 is 0.683 bits per heavy atom. The van der Waals surface area contributed by atoms with Gasteiger partial charge in [-0.1, -0.05) is 372 Å². The molecular formula is C76H142O6. The number of ether oxygens (including phenoxy) is 3. The highest BCUT2D eigenvalue weighted by Gasteiger charge is 2.20. The van der Waals surface area contributed by atoms with Gasteiger partial charge in [0.15, 0.2) is 6.10 Å². The second kappa shape index (κ2) is 71.1. The molecule has 482 valence electrons.